The molecule has 0 aliphatic heterocycles. The summed E-state index contributed by atoms with van der Waals surface area (Å²) in [6, 6.07) is 2.18. The van der Waals surface area contributed by atoms with Crippen LogP contribution in [-0.4, -0.2) is 4.57 Å². The van der Waals surface area contributed by atoms with Gasteiger partial charge in [-0.2, -0.15) is 0 Å². The van der Waals surface area contributed by atoms with Crippen molar-refractivity contribution < 1.29 is 0 Å². The summed E-state index contributed by atoms with van der Waals surface area (Å²) in [6.07, 6.45) is 0. The lowest BCUT2D eigenvalue weighted by atomic mass is 10.2. The zero-order valence-electron chi connectivity index (χ0n) is 9.73. The average Bonchev–Trinajstić information content (AvgIpc) is 2.36. The van der Waals surface area contributed by atoms with Crippen molar-refractivity contribution in [3.63, 3.8) is 0 Å². The van der Waals surface area contributed by atoms with E-state index in [1.165, 1.54) is 17.0 Å². The van der Waals surface area contributed by atoms with Gasteiger partial charge in [-0.15, -0.1) is 0 Å². The number of hydrogen-bond donors (Lipinski definition) is 0. The average molecular weight is 179 g/mol. The monoisotopic (exact) mass is 179 g/mol. The SMILES string of the molecule is C=C(C)c1cc(C)c(C)n1C.CC. The molecule has 0 unspecified atom stereocenters. The summed E-state index contributed by atoms with van der Waals surface area (Å²) in [7, 11) is 2.08. The summed E-state index contributed by atoms with van der Waals surface area (Å²) < 4.78 is 2.18. The molecule has 0 bridgehead atoms. The van der Waals surface area contributed by atoms with Crippen molar-refractivity contribution in [2.24, 2.45) is 7.05 Å². The molecule has 0 aliphatic carbocycles. The van der Waals surface area contributed by atoms with E-state index in [1.54, 1.807) is 0 Å². The molecule has 0 fully saturated rings. The first-order valence-corrected chi connectivity index (χ1v) is 4.83. The summed E-state index contributed by atoms with van der Waals surface area (Å²) in [6.45, 7) is 14.2. The minimum absolute atomic E-state index is 1.13. The van der Waals surface area contributed by atoms with Gasteiger partial charge in [0.05, 0.1) is 0 Å². The fourth-order valence-electron chi connectivity index (χ4n) is 1.26. The molecule has 1 aromatic heterocycles. The summed E-state index contributed by atoms with van der Waals surface area (Å²) in [5.41, 5.74) is 5.03. The Kier molecular flexibility index (Phi) is 4.53. The second-order valence-corrected chi connectivity index (χ2v) is 3.14. The van der Waals surface area contributed by atoms with Gasteiger partial charge in [0.25, 0.3) is 0 Å². The third-order valence-electron chi connectivity index (χ3n) is 2.23. The van der Waals surface area contributed by atoms with Crippen molar-refractivity contribution in [1.82, 2.24) is 4.57 Å². The maximum Gasteiger partial charge on any atom is 0.0432 e. The second kappa shape index (κ2) is 4.90. The molecule has 1 heteroatoms. The van der Waals surface area contributed by atoms with Gasteiger partial charge in [-0.05, 0) is 38.0 Å². The lowest BCUT2D eigenvalue weighted by molar-refractivity contribution is 0.861. The highest BCUT2D eigenvalue weighted by Crippen LogP contribution is 2.18. The summed E-state index contributed by atoms with van der Waals surface area (Å²) in [4.78, 5) is 0. The molecule has 0 amide bonds. The van der Waals surface area contributed by atoms with Crippen molar-refractivity contribution in [3.8, 4) is 0 Å². The van der Waals surface area contributed by atoms with Crippen LogP contribution < -0.4 is 0 Å². The minimum atomic E-state index is 1.13. The van der Waals surface area contributed by atoms with Crippen molar-refractivity contribution in [1.29, 1.82) is 0 Å². The van der Waals surface area contributed by atoms with Gasteiger partial charge >= 0.3 is 0 Å². The number of rotatable bonds is 1. The van der Waals surface area contributed by atoms with Gasteiger partial charge in [0, 0.05) is 18.4 Å². The molecule has 74 valence electrons. The van der Waals surface area contributed by atoms with Gasteiger partial charge in [-0.1, -0.05) is 20.4 Å². The Morgan fingerprint density at radius 1 is 1.31 bits per heavy atom. The first kappa shape index (κ1) is 12.0. The molecule has 1 aromatic rings. The molecule has 0 N–H and O–H groups in total. The second-order valence-electron chi connectivity index (χ2n) is 3.14. The highest BCUT2D eigenvalue weighted by Gasteiger charge is 2.04. The Morgan fingerprint density at radius 3 is 1.92 bits per heavy atom. The molecular weight excluding hydrogens is 158 g/mol. The van der Waals surface area contributed by atoms with E-state index in [2.05, 4.69) is 38.1 Å². The first-order valence-electron chi connectivity index (χ1n) is 4.83. The number of allylic oxidation sites excluding steroid dienone is 1. The van der Waals surface area contributed by atoms with Gasteiger partial charge in [-0.25, -0.2) is 0 Å². The van der Waals surface area contributed by atoms with Gasteiger partial charge in [0.1, 0.15) is 0 Å². The molecule has 0 saturated heterocycles. The lowest BCUT2D eigenvalue weighted by Gasteiger charge is -2.02. The zero-order chi connectivity index (χ0) is 10.6. The predicted octanol–water partition coefficient (Wildman–Crippen LogP) is 3.70. The first-order chi connectivity index (χ1) is 6.04. The third-order valence-corrected chi connectivity index (χ3v) is 2.23. The molecule has 0 radical (unpaired) electrons. The Balaban J connectivity index is 0.000000671. The normalized spacial score (nSPS) is 9.08. The largest absolute Gasteiger partial charge is 0.348 e. The third kappa shape index (κ3) is 2.48. The molecule has 0 aromatic carbocycles. The van der Waals surface area contributed by atoms with Gasteiger partial charge in [-0.3, -0.25) is 0 Å². The van der Waals surface area contributed by atoms with Gasteiger partial charge < -0.3 is 4.57 Å². The van der Waals surface area contributed by atoms with Crippen molar-refractivity contribution in [2.75, 3.05) is 0 Å². The Morgan fingerprint density at radius 2 is 1.77 bits per heavy atom. The highest BCUT2D eigenvalue weighted by atomic mass is 15.0. The molecule has 1 rings (SSSR count). The molecule has 0 atom stereocenters. The van der Waals surface area contributed by atoms with Crippen molar-refractivity contribution in [3.05, 3.63) is 29.6 Å². The standard InChI is InChI=1S/C10H15N.C2H6/c1-7(2)10-6-8(3)9(4)11(10)5;1-2/h6H,1H2,2-5H3;1-2H3. The van der Waals surface area contributed by atoms with Crippen molar-refractivity contribution in [2.45, 2.75) is 34.6 Å². The highest BCUT2D eigenvalue weighted by molar-refractivity contribution is 5.60. The van der Waals surface area contributed by atoms with E-state index >= 15 is 0 Å². The van der Waals surface area contributed by atoms with Crippen LogP contribution in [-0.2, 0) is 7.05 Å². The van der Waals surface area contributed by atoms with Crippen LogP contribution in [0, 0.1) is 13.8 Å². The Labute approximate surface area is 82.1 Å². The molecule has 0 aliphatic rings. The van der Waals surface area contributed by atoms with Crippen LogP contribution in [0.5, 0.6) is 0 Å². The lowest BCUT2D eigenvalue weighted by Crippen LogP contribution is -1.95. The van der Waals surface area contributed by atoms with E-state index in [1.807, 2.05) is 20.8 Å². The zero-order valence-corrected chi connectivity index (χ0v) is 9.73. The van der Waals surface area contributed by atoms with E-state index in [9.17, 15) is 0 Å². The smallest absolute Gasteiger partial charge is 0.0432 e. The predicted molar refractivity (Wildman–Crippen MR) is 60.9 cm³/mol. The fourth-order valence-corrected chi connectivity index (χ4v) is 1.26. The van der Waals surface area contributed by atoms with E-state index < -0.39 is 0 Å². The Hall–Kier alpha value is -0.980. The molecule has 1 nitrogen and oxygen atoms in total. The number of nitrogens with zero attached hydrogens (tertiary/aromatic N) is 1. The summed E-state index contributed by atoms with van der Waals surface area (Å²) >= 11 is 0. The number of aromatic nitrogens is 1. The van der Waals surface area contributed by atoms with Crippen LogP contribution in [0.4, 0.5) is 0 Å². The van der Waals surface area contributed by atoms with Gasteiger partial charge in [0.2, 0.25) is 0 Å². The van der Waals surface area contributed by atoms with Crippen LogP contribution in [0.1, 0.15) is 37.7 Å². The maximum absolute atomic E-state index is 3.92. The number of hydrogen-bond acceptors (Lipinski definition) is 0. The Bertz CT molecular complexity index is 292. The van der Waals surface area contributed by atoms with Crippen LogP contribution in [0.15, 0.2) is 12.6 Å². The van der Waals surface area contributed by atoms with E-state index in [0.29, 0.717) is 0 Å². The van der Waals surface area contributed by atoms with Crippen LogP contribution in [0.3, 0.4) is 0 Å². The molecule has 13 heavy (non-hydrogen) atoms. The quantitative estimate of drug-likeness (QED) is 0.619. The molecular formula is C12H21N. The number of aryl methyl sites for hydroxylation is 1. The van der Waals surface area contributed by atoms with E-state index in [-0.39, 0.29) is 0 Å². The van der Waals surface area contributed by atoms with E-state index in [4.69, 9.17) is 0 Å². The molecule has 0 saturated carbocycles. The molecule has 1 heterocycles. The van der Waals surface area contributed by atoms with Gasteiger partial charge in [0.15, 0.2) is 0 Å². The van der Waals surface area contributed by atoms with Crippen LogP contribution in [0.2, 0.25) is 0 Å². The maximum atomic E-state index is 3.92. The van der Waals surface area contributed by atoms with Crippen molar-refractivity contribution >= 4 is 5.57 Å². The van der Waals surface area contributed by atoms with Crippen LogP contribution in [0.25, 0.3) is 5.57 Å². The van der Waals surface area contributed by atoms with Crippen LogP contribution >= 0.6 is 0 Å². The fraction of sp³-hybridized carbons (Fsp3) is 0.500. The summed E-state index contributed by atoms with van der Waals surface area (Å²) in [5, 5.41) is 0. The van der Waals surface area contributed by atoms with E-state index in [0.717, 1.165) is 5.57 Å². The topological polar surface area (TPSA) is 4.93 Å². The molecule has 0 spiro atoms. The minimum Gasteiger partial charge on any atom is -0.348 e. The summed E-state index contributed by atoms with van der Waals surface area (Å²) in [5.74, 6) is 0.